The average Bonchev–Trinajstić information content (AvgIpc) is 2.85. The highest BCUT2D eigenvalue weighted by atomic mass is 16.5. The Kier molecular flexibility index (Phi) is 4.81. The maximum atomic E-state index is 11.9. The first-order chi connectivity index (χ1) is 9.48. The zero-order valence-electron chi connectivity index (χ0n) is 12.3. The molecule has 1 aliphatic rings. The Bertz CT molecular complexity index is 448. The fourth-order valence-electron chi connectivity index (χ4n) is 2.62. The van der Waals surface area contributed by atoms with Crippen LogP contribution in [0.5, 0.6) is 0 Å². The van der Waals surface area contributed by atoms with Gasteiger partial charge in [0.15, 0.2) is 5.76 Å². The summed E-state index contributed by atoms with van der Waals surface area (Å²) >= 11 is 0. The molecule has 2 N–H and O–H groups in total. The zero-order valence-corrected chi connectivity index (χ0v) is 12.3. The highest BCUT2D eigenvalue weighted by Gasteiger charge is 2.31. The van der Waals surface area contributed by atoms with E-state index in [0.29, 0.717) is 18.2 Å². The van der Waals surface area contributed by atoms with Gasteiger partial charge in [-0.1, -0.05) is 38.3 Å². The van der Waals surface area contributed by atoms with Crippen molar-refractivity contribution >= 4 is 5.91 Å². The smallest absolute Gasteiger partial charge is 0.223 e. The highest BCUT2D eigenvalue weighted by molar-refractivity contribution is 5.76. The third-order valence-electron chi connectivity index (χ3n) is 3.90. The van der Waals surface area contributed by atoms with Gasteiger partial charge in [0.2, 0.25) is 5.91 Å². The first kappa shape index (κ1) is 15.0. The van der Waals surface area contributed by atoms with E-state index in [-0.39, 0.29) is 12.3 Å². The van der Waals surface area contributed by atoms with E-state index in [1.165, 1.54) is 0 Å². The number of hydrogen-bond donors (Lipinski definition) is 2. The molecule has 0 saturated heterocycles. The minimum absolute atomic E-state index is 0.128. The normalized spacial score (nSPS) is 18.2. The molecule has 5 nitrogen and oxygen atoms in total. The van der Waals surface area contributed by atoms with Crippen LogP contribution in [0.3, 0.4) is 0 Å². The molecule has 1 aliphatic carbocycles. The average molecular weight is 280 g/mol. The van der Waals surface area contributed by atoms with Crippen molar-refractivity contribution in [3.05, 3.63) is 17.5 Å². The van der Waals surface area contributed by atoms with Crippen molar-refractivity contribution in [2.75, 3.05) is 0 Å². The lowest BCUT2D eigenvalue weighted by atomic mass is 9.82. The number of hydrogen-bond acceptors (Lipinski definition) is 4. The standard InChI is InChI=1S/C15H24N2O3/c1-11(2)13-8-12(20-17-13)10-16-14(18)9-15(19)6-4-3-5-7-15/h8,11,19H,3-7,9-10H2,1-2H3,(H,16,18). The second kappa shape index (κ2) is 6.39. The molecule has 0 radical (unpaired) electrons. The summed E-state index contributed by atoms with van der Waals surface area (Å²) in [5.41, 5.74) is 0.0764. The first-order valence-corrected chi connectivity index (χ1v) is 7.43. The fraction of sp³-hybridized carbons (Fsp3) is 0.733. The van der Waals surface area contributed by atoms with E-state index in [1.807, 2.05) is 19.9 Å². The summed E-state index contributed by atoms with van der Waals surface area (Å²) < 4.78 is 5.16. The molecule has 0 aliphatic heterocycles. The van der Waals surface area contributed by atoms with Crippen LogP contribution in [-0.4, -0.2) is 21.8 Å². The molecular formula is C15H24N2O3. The predicted octanol–water partition coefficient (Wildman–Crippen LogP) is 2.50. The minimum Gasteiger partial charge on any atom is -0.389 e. The predicted molar refractivity (Wildman–Crippen MR) is 75.1 cm³/mol. The van der Waals surface area contributed by atoms with Gasteiger partial charge in [-0.25, -0.2) is 0 Å². The van der Waals surface area contributed by atoms with Gasteiger partial charge in [0, 0.05) is 6.07 Å². The van der Waals surface area contributed by atoms with Gasteiger partial charge in [-0.3, -0.25) is 4.79 Å². The molecule has 0 atom stereocenters. The Hall–Kier alpha value is -1.36. The molecule has 0 bridgehead atoms. The molecule has 0 unspecified atom stereocenters. The maximum Gasteiger partial charge on any atom is 0.223 e. The summed E-state index contributed by atoms with van der Waals surface area (Å²) in [6, 6.07) is 1.86. The van der Waals surface area contributed by atoms with Crippen molar-refractivity contribution in [1.82, 2.24) is 10.5 Å². The second-order valence-corrected chi connectivity index (χ2v) is 6.11. The SMILES string of the molecule is CC(C)c1cc(CNC(=O)CC2(O)CCCCC2)on1. The number of carbonyl (C=O) groups is 1. The molecule has 1 fully saturated rings. The van der Waals surface area contributed by atoms with Crippen LogP contribution in [-0.2, 0) is 11.3 Å². The minimum atomic E-state index is -0.813. The van der Waals surface area contributed by atoms with Crippen molar-refractivity contribution in [2.24, 2.45) is 0 Å². The third-order valence-corrected chi connectivity index (χ3v) is 3.90. The summed E-state index contributed by atoms with van der Waals surface area (Å²) in [7, 11) is 0. The Morgan fingerprint density at radius 1 is 1.45 bits per heavy atom. The van der Waals surface area contributed by atoms with Gasteiger partial charge < -0.3 is 14.9 Å². The van der Waals surface area contributed by atoms with Gasteiger partial charge in [-0.15, -0.1) is 0 Å². The molecule has 0 aromatic carbocycles. The Morgan fingerprint density at radius 2 is 2.15 bits per heavy atom. The van der Waals surface area contributed by atoms with Crippen LogP contribution in [0.2, 0.25) is 0 Å². The number of aromatic nitrogens is 1. The van der Waals surface area contributed by atoms with Crippen LogP contribution >= 0.6 is 0 Å². The largest absolute Gasteiger partial charge is 0.389 e. The number of amides is 1. The van der Waals surface area contributed by atoms with Crippen molar-refractivity contribution in [3.8, 4) is 0 Å². The van der Waals surface area contributed by atoms with E-state index in [2.05, 4.69) is 10.5 Å². The van der Waals surface area contributed by atoms with Gasteiger partial charge in [-0.2, -0.15) is 0 Å². The topological polar surface area (TPSA) is 75.4 Å². The highest BCUT2D eigenvalue weighted by Crippen LogP contribution is 2.30. The molecule has 112 valence electrons. The number of nitrogens with zero attached hydrogens (tertiary/aromatic N) is 1. The molecular weight excluding hydrogens is 256 g/mol. The second-order valence-electron chi connectivity index (χ2n) is 6.11. The van der Waals surface area contributed by atoms with E-state index in [1.54, 1.807) is 0 Å². The zero-order chi connectivity index (χ0) is 14.6. The van der Waals surface area contributed by atoms with E-state index in [0.717, 1.165) is 37.8 Å². The molecule has 1 saturated carbocycles. The third kappa shape index (κ3) is 4.07. The van der Waals surface area contributed by atoms with Gasteiger partial charge >= 0.3 is 0 Å². The van der Waals surface area contributed by atoms with Crippen LogP contribution in [0.4, 0.5) is 0 Å². The van der Waals surface area contributed by atoms with E-state index in [9.17, 15) is 9.90 Å². The van der Waals surface area contributed by atoms with Crippen LogP contribution in [0.1, 0.15) is 69.7 Å². The Balaban J connectivity index is 1.79. The van der Waals surface area contributed by atoms with Crippen LogP contribution in [0, 0.1) is 0 Å². The molecule has 20 heavy (non-hydrogen) atoms. The van der Waals surface area contributed by atoms with Crippen molar-refractivity contribution in [3.63, 3.8) is 0 Å². The Labute approximate surface area is 119 Å². The molecule has 1 aromatic rings. The van der Waals surface area contributed by atoms with Crippen molar-refractivity contribution < 1.29 is 14.4 Å². The van der Waals surface area contributed by atoms with Crippen molar-refractivity contribution in [2.45, 2.75) is 70.4 Å². The lowest BCUT2D eigenvalue weighted by molar-refractivity contribution is -0.127. The summed E-state index contributed by atoms with van der Waals surface area (Å²) in [5.74, 6) is 0.834. The monoisotopic (exact) mass is 280 g/mol. The lowest BCUT2D eigenvalue weighted by Gasteiger charge is -2.31. The summed E-state index contributed by atoms with van der Waals surface area (Å²) in [4.78, 5) is 11.9. The molecule has 0 spiro atoms. The molecule has 5 heteroatoms. The summed E-state index contributed by atoms with van der Waals surface area (Å²) in [5, 5.41) is 17.1. The number of aliphatic hydroxyl groups is 1. The van der Waals surface area contributed by atoms with E-state index in [4.69, 9.17) is 4.52 Å². The molecule has 1 heterocycles. The lowest BCUT2D eigenvalue weighted by Crippen LogP contribution is -2.38. The van der Waals surface area contributed by atoms with Gasteiger partial charge in [0.05, 0.1) is 24.3 Å². The maximum absolute atomic E-state index is 11.9. The van der Waals surface area contributed by atoms with Gasteiger partial charge in [0.1, 0.15) is 0 Å². The molecule has 1 amide bonds. The van der Waals surface area contributed by atoms with Gasteiger partial charge in [-0.05, 0) is 18.8 Å². The quantitative estimate of drug-likeness (QED) is 0.869. The van der Waals surface area contributed by atoms with Crippen LogP contribution < -0.4 is 5.32 Å². The number of carbonyl (C=O) groups excluding carboxylic acids is 1. The first-order valence-electron chi connectivity index (χ1n) is 7.43. The number of rotatable bonds is 5. The van der Waals surface area contributed by atoms with Crippen LogP contribution in [0.25, 0.3) is 0 Å². The molecule has 1 aromatic heterocycles. The molecule has 2 rings (SSSR count). The summed E-state index contributed by atoms with van der Waals surface area (Å²) in [6.45, 7) is 4.41. The fourth-order valence-corrected chi connectivity index (χ4v) is 2.62. The van der Waals surface area contributed by atoms with Gasteiger partial charge in [0.25, 0.3) is 0 Å². The van der Waals surface area contributed by atoms with E-state index >= 15 is 0 Å². The van der Waals surface area contributed by atoms with Crippen molar-refractivity contribution in [1.29, 1.82) is 0 Å². The Morgan fingerprint density at radius 3 is 2.75 bits per heavy atom. The summed E-state index contributed by atoms with van der Waals surface area (Å²) in [6.07, 6.45) is 4.78. The number of nitrogens with one attached hydrogen (secondary N) is 1. The van der Waals surface area contributed by atoms with Crippen LogP contribution in [0.15, 0.2) is 10.6 Å². The van der Waals surface area contributed by atoms with E-state index < -0.39 is 5.60 Å².